The summed E-state index contributed by atoms with van der Waals surface area (Å²) in [6.07, 6.45) is 6.84. The average Bonchev–Trinajstić information content (AvgIpc) is 3.42. The molecule has 2 fully saturated rings. The zero-order chi connectivity index (χ0) is 21.6. The number of fused-ring (bicyclic) bond motifs is 1. The van der Waals surface area contributed by atoms with Crippen LogP contribution in [0.2, 0.25) is 0 Å². The van der Waals surface area contributed by atoms with Crippen LogP contribution in [0.5, 0.6) is 11.5 Å². The first kappa shape index (κ1) is 19.6. The second kappa shape index (κ2) is 7.39. The summed E-state index contributed by atoms with van der Waals surface area (Å²) < 4.78 is 16.7. The number of likely N-dealkylation sites (tertiary alicyclic amines) is 1. The predicted octanol–water partition coefficient (Wildman–Crippen LogP) is 2.02. The summed E-state index contributed by atoms with van der Waals surface area (Å²) in [6.45, 7) is 0.894. The van der Waals surface area contributed by atoms with Crippen molar-refractivity contribution in [2.24, 2.45) is 11.8 Å². The maximum atomic E-state index is 13.3. The third-order valence-electron chi connectivity index (χ3n) is 6.22. The molecule has 1 aromatic carbocycles. The summed E-state index contributed by atoms with van der Waals surface area (Å²) in [6, 6.07) is 8.92. The van der Waals surface area contributed by atoms with E-state index in [1.165, 1.54) is 0 Å². The Kier molecular flexibility index (Phi) is 4.66. The van der Waals surface area contributed by atoms with Gasteiger partial charge in [0.2, 0.25) is 11.8 Å². The molecular weight excluding hydrogens is 398 g/mol. The smallest absolute Gasteiger partial charge is 0.231 e. The minimum absolute atomic E-state index is 0.0629. The van der Waals surface area contributed by atoms with Crippen LogP contribution in [-0.4, -0.2) is 54.2 Å². The SMILES string of the molecule is COc1cc(NC(=O)[C@H]2[C@H]3C=C[C@]4(CN(Cc5ccncc5)C(=O)[C@@H]24)O3)cc(OC)c1. The van der Waals surface area contributed by atoms with Gasteiger partial charge in [0.05, 0.1) is 38.7 Å². The van der Waals surface area contributed by atoms with Crippen LogP contribution in [0.15, 0.2) is 54.9 Å². The fourth-order valence-corrected chi connectivity index (χ4v) is 4.83. The summed E-state index contributed by atoms with van der Waals surface area (Å²) in [5.74, 6) is -0.331. The fourth-order valence-electron chi connectivity index (χ4n) is 4.83. The number of amides is 2. The predicted molar refractivity (Wildman–Crippen MR) is 112 cm³/mol. The number of hydrogen-bond acceptors (Lipinski definition) is 6. The number of carbonyl (C=O) groups is 2. The van der Waals surface area contributed by atoms with Gasteiger partial charge >= 0.3 is 0 Å². The van der Waals surface area contributed by atoms with Crippen molar-refractivity contribution >= 4 is 17.5 Å². The van der Waals surface area contributed by atoms with Crippen molar-refractivity contribution in [2.45, 2.75) is 18.2 Å². The molecule has 0 aliphatic carbocycles. The number of ether oxygens (including phenoxy) is 3. The number of benzene rings is 1. The Labute approximate surface area is 179 Å². The lowest BCUT2D eigenvalue weighted by Crippen LogP contribution is -2.41. The van der Waals surface area contributed by atoms with Crippen LogP contribution in [0.25, 0.3) is 0 Å². The quantitative estimate of drug-likeness (QED) is 0.718. The van der Waals surface area contributed by atoms with Crippen molar-refractivity contribution in [3.63, 3.8) is 0 Å². The van der Waals surface area contributed by atoms with Crippen molar-refractivity contribution in [1.29, 1.82) is 0 Å². The van der Waals surface area contributed by atoms with Gasteiger partial charge in [-0.1, -0.05) is 12.2 Å². The van der Waals surface area contributed by atoms with E-state index in [-0.39, 0.29) is 11.8 Å². The van der Waals surface area contributed by atoms with Crippen LogP contribution in [0.4, 0.5) is 5.69 Å². The van der Waals surface area contributed by atoms with Gasteiger partial charge < -0.3 is 24.4 Å². The maximum Gasteiger partial charge on any atom is 0.231 e. The Hall–Kier alpha value is -3.39. The molecule has 0 unspecified atom stereocenters. The van der Waals surface area contributed by atoms with Gasteiger partial charge in [0.25, 0.3) is 0 Å². The Morgan fingerprint density at radius 3 is 2.61 bits per heavy atom. The number of rotatable bonds is 6. The minimum atomic E-state index is -0.747. The number of anilines is 1. The molecule has 160 valence electrons. The number of carbonyl (C=O) groups excluding carboxylic acids is 2. The van der Waals surface area contributed by atoms with Crippen molar-refractivity contribution in [1.82, 2.24) is 9.88 Å². The summed E-state index contributed by atoms with van der Waals surface area (Å²) >= 11 is 0. The Morgan fingerprint density at radius 2 is 1.94 bits per heavy atom. The van der Waals surface area contributed by atoms with Crippen LogP contribution >= 0.6 is 0 Å². The molecule has 1 N–H and O–H groups in total. The van der Waals surface area contributed by atoms with Crippen LogP contribution in [0.1, 0.15) is 5.56 Å². The van der Waals surface area contributed by atoms with E-state index in [9.17, 15) is 9.59 Å². The molecule has 1 spiro atoms. The molecule has 2 amide bonds. The topological polar surface area (TPSA) is 90.0 Å². The molecule has 5 rings (SSSR count). The van der Waals surface area contributed by atoms with Crippen molar-refractivity contribution < 1.29 is 23.8 Å². The van der Waals surface area contributed by atoms with Crippen LogP contribution in [0.3, 0.4) is 0 Å². The molecule has 31 heavy (non-hydrogen) atoms. The highest BCUT2D eigenvalue weighted by Gasteiger charge is 2.66. The molecule has 3 aliphatic rings. The van der Waals surface area contributed by atoms with Gasteiger partial charge in [0.15, 0.2) is 0 Å². The van der Waals surface area contributed by atoms with E-state index in [4.69, 9.17) is 14.2 Å². The Morgan fingerprint density at radius 1 is 1.23 bits per heavy atom. The highest BCUT2D eigenvalue weighted by atomic mass is 16.5. The third-order valence-corrected chi connectivity index (χ3v) is 6.22. The Bertz CT molecular complexity index is 1030. The lowest BCUT2D eigenvalue weighted by atomic mass is 9.77. The molecule has 2 aromatic rings. The van der Waals surface area contributed by atoms with Gasteiger partial charge in [-0.2, -0.15) is 0 Å². The van der Waals surface area contributed by atoms with E-state index >= 15 is 0 Å². The number of pyridine rings is 1. The third kappa shape index (κ3) is 3.23. The molecule has 1 aromatic heterocycles. The van der Waals surface area contributed by atoms with Crippen LogP contribution in [0, 0.1) is 11.8 Å². The molecule has 8 heteroatoms. The van der Waals surface area contributed by atoms with Gasteiger partial charge in [0, 0.05) is 42.8 Å². The van der Waals surface area contributed by atoms with Crippen molar-refractivity contribution in [3.05, 3.63) is 60.4 Å². The first-order valence-corrected chi connectivity index (χ1v) is 10.1. The zero-order valence-corrected chi connectivity index (χ0v) is 17.3. The Balaban J connectivity index is 1.38. The van der Waals surface area contributed by atoms with Gasteiger partial charge in [-0.15, -0.1) is 0 Å². The molecule has 0 radical (unpaired) electrons. The minimum Gasteiger partial charge on any atom is -0.497 e. The van der Waals surface area contributed by atoms with E-state index < -0.39 is 23.5 Å². The van der Waals surface area contributed by atoms with Crippen molar-refractivity contribution in [2.75, 3.05) is 26.1 Å². The molecule has 4 atom stereocenters. The van der Waals surface area contributed by atoms with Crippen LogP contribution < -0.4 is 14.8 Å². The summed E-state index contributed by atoms with van der Waals surface area (Å²) in [5, 5.41) is 2.92. The lowest BCUT2D eigenvalue weighted by molar-refractivity contribution is -0.136. The van der Waals surface area contributed by atoms with E-state index in [0.717, 1.165) is 5.56 Å². The van der Waals surface area contributed by atoms with Gasteiger partial charge in [-0.25, -0.2) is 0 Å². The van der Waals surface area contributed by atoms with Crippen molar-refractivity contribution in [3.8, 4) is 11.5 Å². The molecule has 2 bridgehead atoms. The van der Waals surface area contributed by atoms with E-state index in [1.807, 2.05) is 24.3 Å². The molecule has 8 nitrogen and oxygen atoms in total. The highest BCUT2D eigenvalue weighted by Crippen LogP contribution is 2.52. The monoisotopic (exact) mass is 421 g/mol. The largest absolute Gasteiger partial charge is 0.497 e. The number of aromatic nitrogens is 1. The van der Waals surface area contributed by atoms with E-state index in [2.05, 4.69) is 10.3 Å². The molecule has 0 saturated carbocycles. The standard InChI is InChI=1S/C23H23N3O5/c1-29-16-9-15(10-17(11-16)30-2)25-21(27)19-18-3-6-23(31-18)13-26(22(28)20(19)23)12-14-4-7-24-8-5-14/h3-11,18-20H,12-13H2,1-2H3,(H,25,27)/t18-,19+,20-,23-/m1/s1. The maximum absolute atomic E-state index is 13.3. The number of nitrogens with one attached hydrogen (secondary N) is 1. The fraction of sp³-hybridized carbons (Fsp3) is 0.348. The zero-order valence-electron chi connectivity index (χ0n) is 17.3. The van der Waals surface area contributed by atoms with Crippen LogP contribution in [-0.2, 0) is 20.9 Å². The first-order chi connectivity index (χ1) is 15.0. The van der Waals surface area contributed by atoms with Gasteiger partial charge in [-0.05, 0) is 17.7 Å². The summed E-state index contributed by atoms with van der Waals surface area (Å²) in [5.41, 5.74) is 0.784. The van der Waals surface area contributed by atoms with Gasteiger partial charge in [0.1, 0.15) is 17.1 Å². The molecular formula is C23H23N3O5. The lowest BCUT2D eigenvalue weighted by Gasteiger charge is -2.23. The normalized spacial score (nSPS) is 28.0. The molecule has 3 aliphatic heterocycles. The highest BCUT2D eigenvalue weighted by molar-refractivity contribution is 5.99. The second-order valence-electron chi connectivity index (χ2n) is 8.04. The van der Waals surface area contributed by atoms with E-state index in [1.54, 1.807) is 49.7 Å². The molecule has 4 heterocycles. The molecule has 2 saturated heterocycles. The van der Waals surface area contributed by atoms with E-state index in [0.29, 0.717) is 30.3 Å². The first-order valence-electron chi connectivity index (χ1n) is 10.1. The summed E-state index contributed by atoms with van der Waals surface area (Å²) in [4.78, 5) is 32.4. The van der Waals surface area contributed by atoms with Gasteiger partial charge in [-0.3, -0.25) is 14.6 Å². The number of methoxy groups -OCH3 is 2. The average molecular weight is 421 g/mol. The number of nitrogens with zero attached hydrogens (tertiary/aromatic N) is 2. The summed E-state index contributed by atoms with van der Waals surface area (Å²) in [7, 11) is 3.10. The second-order valence-corrected chi connectivity index (χ2v) is 8.04. The number of hydrogen-bond donors (Lipinski definition) is 1.